The maximum Gasteiger partial charge on any atom is 0.333 e. The Balaban J connectivity index is 4.45. The average molecular weight is 448 g/mol. The van der Waals surface area contributed by atoms with E-state index in [-0.39, 0.29) is 68.5 Å². The minimum atomic E-state index is -0.540. The van der Waals surface area contributed by atoms with Gasteiger partial charge in [0.2, 0.25) is 0 Å². The number of carbonyl (C=O) groups excluding carboxylic acids is 3. The Morgan fingerprint density at radius 3 is 1.75 bits per heavy atom. The van der Waals surface area contributed by atoms with Crippen LogP contribution in [0.1, 0.15) is 32.6 Å². The third kappa shape index (κ3) is 15.4. The Labute approximate surface area is 187 Å². The van der Waals surface area contributed by atoms with Gasteiger partial charge in [0.1, 0.15) is 26.4 Å². The van der Waals surface area contributed by atoms with Gasteiger partial charge in [0, 0.05) is 18.4 Å². The van der Waals surface area contributed by atoms with E-state index in [1.165, 1.54) is 6.92 Å². The molecule has 0 atom stereocenters. The zero-order chi connectivity index (χ0) is 24.4. The highest BCUT2D eigenvalue weighted by Gasteiger charge is 2.16. The predicted molar refractivity (Wildman–Crippen MR) is 111 cm³/mol. The third-order valence-corrected chi connectivity index (χ3v) is 3.78. The van der Waals surface area contributed by atoms with Crippen molar-refractivity contribution in [3.05, 3.63) is 36.5 Å². The monoisotopic (exact) mass is 448 g/mol. The predicted octanol–water partition coefficient (Wildman–Crippen LogP) is 2.48. The Morgan fingerprint density at radius 1 is 0.812 bits per heavy atom. The molecule has 0 aromatic rings. The van der Waals surface area contributed by atoms with Gasteiger partial charge in [0.15, 0.2) is 0 Å². The van der Waals surface area contributed by atoms with Gasteiger partial charge < -0.3 is 14.2 Å². The second-order valence-corrected chi connectivity index (χ2v) is 6.72. The van der Waals surface area contributed by atoms with Crippen molar-refractivity contribution in [1.29, 1.82) is 10.5 Å². The van der Waals surface area contributed by atoms with Crippen molar-refractivity contribution >= 4 is 17.9 Å². The molecule has 0 unspecified atom stereocenters. The van der Waals surface area contributed by atoms with Crippen LogP contribution in [0.4, 0.5) is 0 Å². The van der Waals surface area contributed by atoms with Crippen molar-refractivity contribution < 1.29 is 38.4 Å². The minimum absolute atomic E-state index is 0.0115. The van der Waals surface area contributed by atoms with E-state index in [0.717, 1.165) is 0 Å². The molecule has 32 heavy (non-hydrogen) atoms. The molecular weight excluding hydrogens is 420 g/mol. The number of rotatable bonds is 17. The summed E-state index contributed by atoms with van der Waals surface area (Å²) in [6.07, 6.45) is 0.709. The van der Waals surface area contributed by atoms with E-state index in [4.69, 9.17) is 34.5 Å². The van der Waals surface area contributed by atoms with Crippen LogP contribution in [0.3, 0.4) is 0 Å². The summed E-state index contributed by atoms with van der Waals surface area (Å²) < 4.78 is 14.7. The Morgan fingerprint density at radius 2 is 1.31 bits per heavy atom. The zero-order valence-electron chi connectivity index (χ0n) is 18.2. The first-order valence-electron chi connectivity index (χ1n) is 9.73. The van der Waals surface area contributed by atoms with E-state index in [2.05, 4.69) is 19.7 Å². The number of ether oxygens (including phenoxy) is 3. The highest BCUT2D eigenvalue weighted by molar-refractivity contribution is 5.86. The molecule has 0 amide bonds. The van der Waals surface area contributed by atoms with Gasteiger partial charge in [0.25, 0.3) is 0 Å². The summed E-state index contributed by atoms with van der Waals surface area (Å²) in [6, 6.07) is 3.56. The number of nitriles is 2. The summed E-state index contributed by atoms with van der Waals surface area (Å²) in [5.41, 5.74) is 0.516. The number of hydrogen-bond donors (Lipinski definition) is 0. The molecule has 0 aliphatic heterocycles. The summed E-state index contributed by atoms with van der Waals surface area (Å²) in [5.74, 6) is -1.84. The molecule has 0 rings (SSSR count). The fourth-order valence-corrected chi connectivity index (χ4v) is 1.99. The van der Waals surface area contributed by atoms with E-state index < -0.39 is 17.9 Å². The summed E-state index contributed by atoms with van der Waals surface area (Å²) in [5, 5.41) is 17.3. The van der Waals surface area contributed by atoms with Crippen LogP contribution in [0.2, 0.25) is 0 Å². The van der Waals surface area contributed by atoms with Crippen molar-refractivity contribution in [3.63, 3.8) is 0 Å². The molecule has 0 N–H and O–H groups in total. The van der Waals surface area contributed by atoms with Crippen LogP contribution in [0.15, 0.2) is 36.5 Å². The van der Waals surface area contributed by atoms with Crippen LogP contribution in [0.25, 0.3) is 0 Å². The summed E-state index contributed by atoms with van der Waals surface area (Å²) in [4.78, 5) is 45.0. The molecule has 10 heteroatoms. The first-order chi connectivity index (χ1) is 15.2. The van der Waals surface area contributed by atoms with Crippen LogP contribution in [0.5, 0.6) is 0 Å². The lowest BCUT2D eigenvalue weighted by atomic mass is 9.98. The Bertz CT molecular complexity index is 730. The van der Waals surface area contributed by atoms with E-state index in [1.54, 1.807) is 12.1 Å². The smallest absolute Gasteiger partial charge is 0.333 e. The fourth-order valence-electron chi connectivity index (χ4n) is 1.99. The van der Waals surface area contributed by atoms with Crippen LogP contribution in [-0.4, -0.2) is 50.9 Å². The molecule has 0 saturated carbocycles. The van der Waals surface area contributed by atoms with Crippen molar-refractivity contribution in [2.45, 2.75) is 32.6 Å². The fraction of sp³-hybridized carbons (Fsp3) is 0.500. The lowest BCUT2D eigenvalue weighted by molar-refractivity contribution is -0.305. The summed E-state index contributed by atoms with van der Waals surface area (Å²) in [7, 11) is 0. The van der Waals surface area contributed by atoms with Crippen molar-refractivity contribution in [2.24, 2.45) is 5.92 Å². The van der Waals surface area contributed by atoms with Crippen molar-refractivity contribution in [1.82, 2.24) is 0 Å². The maximum atomic E-state index is 11.8. The van der Waals surface area contributed by atoms with E-state index >= 15 is 0 Å². The maximum absolute atomic E-state index is 11.8. The molecule has 0 radical (unpaired) electrons. The summed E-state index contributed by atoms with van der Waals surface area (Å²) in [6.45, 7) is 11.5. The van der Waals surface area contributed by atoms with Crippen molar-refractivity contribution in [2.75, 3.05) is 33.0 Å². The molecule has 0 aliphatic rings. The molecule has 0 saturated heterocycles. The third-order valence-electron chi connectivity index (χ3n) is 3.78. The van der Waals surface area contributed by atoms with E-state index in [9.17, 15) is 14.4 Å². The molecule has 174 valence electrons. The molecule has 0 spiro atoms. The van der Waals surface area contributed by atoms with Gasteiger partial charge in [0.05, 0.1) is 29.9 Å². The number of carbonyl (C=O) groups is 3. The van der Waals surface area contributed by atoms with Crippen LogP contribution >= 0.6 is 0 Å². The van der Waals surface area contributed by atoms with E-state index in [1.807, 2.05) is 0 Å². The molecule has 0 aromatic heterocycles. The molecule has 0 bridgehead atoms. The number of esters is 3. The number of nitrogens with zero attached hydrogens (tertiary/aromatic N) is 2. The van der Waals surface area contributed by atoms with Gasteiger partial charge in [-0.1, -0.05) is 19.7 Å². The normalized spacial score (nSPS) is 9.88. The first kappa shape index (κ1) is 28.5. The minimum Gasteiger partial charge on any atom is -0.460 e. The standard InChI is InChI=1S/C22H28N2O8/c1-16(2)22(27)28-9-10-31-32-15-19(5-7-20(25)29-13-17(3)11-23)6-8-21(26)30-14-18(4)12-24/h19H,1,3-10,13-15H2,2H3. The van der Waals surface area contributed by atoms with Crippen molar-refractivity contribution in [3.8, 4) is 12.1 Å². The second kappa shape index (κ2) is 17.2. The Hall–Kier alpha value is -3.47. The topological polar surface area (TPSA) is 145 Å². The van der Waals surface area contributed by atoms with Gasteiger partial charge in [-0.3, -0.25) is 9.59 Å². The number of hydrogen-bond acceptors (Lipinski definition) is 10. The average Bonchev–Trinajstić information content (AvgIpc) is 2.78. The molecule has 0 aromatic carbocycles. The van der Waals surface area contributed by atoms with Gasteiger partial charge in [-0.25, -0.2) is 14.6 Å². The molecule has 0 aliphatic carbocycles. The van der Waals surface area contributed by atoms with Crippen LogP contribution in [-0.2, 0) is 38.4 Å². The van der Waals surface area contributed by atoms with Gasteiger partial charge >= 0.3 is 17.9 Å². The second-order valence-electron chi connectivity index (χ2n) is 6.72. The van der Waals surface area contributed by atoms with Gasteiger partial charge in [-0.05, 0) is 25.7 Å². The van der Waals surface area contributed by atoms with Gasteiger partial charge in [-0.2, -0.15) is 10.5 Å². The molecule has 10 nitrogen and oxygen atoms in total. The van der Waals surface area contributed by atoms with Crippen LogP contribution < -0.4 is 0 Å². The van der Waals surface area contributed by atoms with Gasteiger partial charge in [-0.15, -0.1) is 0 Å². The van der Waals surface area contributed by atoms with E-state index in [0.29, 0.717) is 12.8 Å². The molecule has 0 fully saturated rings. The lowest BCUT2D eigenvalue weighted by Crippen LogP contribution is -2.17. The highest BCUT2D eigenvalue weighted by Crippen LogP contribution is 2.16. The molecule has 0 heterocycles. The summed E-state index contributed by atoms with van der Waals surface area (Å²) >= 11 is 0. The quantitative estimate of drug-likeness (QED) is 0.0618. The highest BCUT2D eigenvalue weighted by atomic mass is 17.2. The zero-order valence-corrected chi connectivity index (χ0v) is 18.2. The Kier molecular flexibility index (Phi) is 15.4. The SMILES string of the molecule is C=C(C#N)COC(=O)CCC(CCC(=O)OCC(=C)C#N)COOCCOC(=O)C(=C)C. The first-order valence-corrected chi connectivity index (χ1v) is 9.73. The van der Waals surface area contributed by atoms with Crippen LogP contribution in [0, 0.1) is 28.6 Å². The lowest BCUT2D eigenvalue weighted by Gasteiger charge is -2.16. The molecular formula is C22H28N2O8. The largest absolute Gasteiger partial charge is 0.460 e.